The van der Waals surface area contributed by atoms with E-state index in [4.69, 9.17) is 0 Å². The van der Waals surface area contributed by atoms with Crippen LogP contribution in [0.4, 0.5) is 0 Å². The molecule has 0 N–H and O–H groups in total. The van der Waals surface area contributed by atoms with Gasteiger partial charge in [-0.1, -0.05) is 6.92 Å². The Labute approximate surface area is 79.4 Å². The first kappa shape index (κ1) is 7.80. The third-order valence-electron chi connectivity index (χ3n) is 1.88. The molecule has 2 rings (SSSR count). The predicted octanol–water partition coefficient (Wildman–Crippen LogP) is 2.66. The molecule has 0 saturated heterocycles. The van der Waals surface area contributed by atoms with Crippen molar-refractivity contribution in [3.05, 3.63) is 34.8 Å². The Morgan fingerprint density at radius 2 is 2.33 bits per heavy atom. The smallest absolute Gasteiger partial charge is 0.112 e. The maximum Gasteiger partial charge on any atom is 0.112 e. The summed E-state index contributed by atoms with van der Waals surface area (Å²) in [5.74, 6) is 1.10. The molecule has 62 valence electrons. The minimum atomic E-state index is 0.963. The highest BCUT2D eigenvalue weighted by molar-refractivity contribution is 9.10. The van der Waals surface area contributed by atoms with Gasteiger partial charge in [-0.05, 0) is 28.1 Å². The summed E-state index contributed by atoms with van der Waals surface area (Å²) in [5, 5.41) is 0. The quantitative estimate of drug-likeness (QED) is 0.729. The summed E-state index contributed by atoms with van der Waals surface area (Å²) in [7, 11) is 0. The molecule has 0 radical (unpaired) electrons. The number of aromatic nitrogens is 2. The van der Waals surface area contributed by atoms with Crippen LogP contribution in [0.25, 0.3) is 5.52 Å². The average Bonchev–Trinajstić information content (AvgIpc) is 2.46. The van der Waals surface area contributed by atoms with Gasteiger partial charge in [-0.15, -0.1) is 0 Å². The summed E-state index contributed by atoms with van der Waals surface area (Å²) in [4.78, 5) is 4.30. The number of imidazole rings is 1. The van der Waals surface area contributed by atoms with Crippen LogP contribution >= 0.6 is 15.9 Å². The van der Waals surface area contributed by atoms with Crippen molar-refractivity contribution in [1.29, 1.82) is 0 Å². The van der Waals surface area contributed by atoms with Crippen molar-refractivity contribution in [3.63, 3.8) is 0 Å². The van der Waals surface area contributed by atoms with Gasteiger partial charge >= 0.3 is 0 Å². The van der Waals surface area contributed by atoms with Crippen molar-refractivity contribution in [2.24, 2.45) is 0 Å². The molecule has 12 heavy (non-hydrogen) atoms. The molecule has 3 heteroatoms. The van der Waals surface area contributed by atoms with E-state index in [0.29, 0.717) is 0 Å². The summed E-state index contributed by atoms with van der Waals surface area (Å²) in [6.07, 6.45) is 4.90. The molecule has 0 atom stereocenters. The molecule has 0 unspecified atom stereocenters. The van der Waals surface area contributed by atoms with Gasteiger partial charge in [-0.2, -0.15) is 0 Å². The molecule has 0 aliphatic heterocycles. The Morgan fingerprint density at radius 1 is 1.50 bits per heavy atom. The van der Waals surface area contributed by atoms with Crippen molar-refractivity contribution in [2.75, 3.05) is 0 Å². The van der Waals surface area contributed by atoms with Gasteiger partial charge < -0.3 is 4.40 Å². The second-order valence-electron chi connectivity index (χ2n) is 2.67. The van der Waals surface area contributed by atoms with Crippen LogP contribution < -0.4 is 0 Å². The van der Waals surface area contributed by atoms with Crippen LogP contribution in [0.2, 0.25) is 0 Å². The SMILES string of the molecule is CCc1ncc2ccc(Br)cn12. The Morgan fingerprint density at radius 3 is 3.08 bits per heavy atom. The van der Waals surface area contributed by atoms with Crippen LogP contribution in [-0.2, 0) is 6.42 Å². The highest BCUT2D eigenvalue weighted by Gasteiger charge is 1.99. The van der Waals surface area contributed by atoms with Crippen LogP contribution in [0.5, 0.6) is 0 Å². The molecule has 2 aromatic rings. The minimum Gasteiger partial charge on any atom is -0.303 e. The molecule has 2 aromatic heterocycles. The Bertz CT molecular complexity index is 406. The molecule has 0 fully saturated rings. The van der Waals surface area contributed by atoms with E-state index in [1.807, 2.05) is 18.5 Å². The number of aryl methyl sites for hydroxylation is 1. The van der Waals surface area contributed by atoms with Crippen LogP contribution in [0.15, 0.2) is 29.0 Å². The van der Waals surface area contributed by atoms with Gasteiger partial charge in [0.2, 0.25) is 0 Å². The fraction of sp³-hybridized carbons (Fsp3) is 0.222. The minimum absolute atomic E-state index is 0.963. The van der Waals surface area contributed by atoms with Crippen molar-refractivity contribution in [2.45, 2.75) is 13.3 Å². The number of pyridine rings is 1. The van der Waals surface area contributed by atoms with E-state index < -0.39 is 0 Å². The van der Waals surface area contributed by atoms with Crippen molar-refractivity contribution < 1.29 is 0 Å². The lowest BCUT2D eigenvalue weighted by atomic mass is 10.4. The topological polar surface area (TPSA) is 17.3 Å². The van der Waals surface area contributed by atoms with E-state index >= 15 is 0 Å². The zero-order valence-corrected chi connectivity index (χ0v) is 8.37. The summed E-state index contributed by atoms with van der Waals surface area (Å²) in [5.41, 5.74) is 1.15. The summed E-state index contributed by atoms with van der Waals surface area (Å²) >= 11 is 3.43. The Kier molecular flexibility index (Phi) is 1.89. The summed E-state index contributed by atoms with van der Waals surface area (Å²) in [6.45, 7) is 2.11. The lowest BCUT2D eigenvalue weighted by Gasteiger charge is -1.97. The number of nitrogens with zero attached hydrogens (tertiary/aromatic N) is 2. The molecular weight excluding hydrogens is 216 g/mol. The van der Waals surface area contributed by atoms with Gasteiger partial charge in [0, 0.05) is 17.1 Å². The van der Waals surface area contributed by atoms with Gasteiger partial charge in [-0.3, -0.25) is 0 Å². The van der Waals surface area contributed by atoms with E-state index in [0.717, 1.165) is 22.2 Å². The maximum absolute atomic E-state index is 4.30. The second-order valence-corrected chi connectivity index (χ2v) is 3.59. The van der Waals surface area contributed by atoms with E-state index in [-0.39, 0.29) is 0 Å². The standard InChI is InChI=1S/C9H9BrN2/c1-2-9-11-5-8-4-3-7(10)6-12(8)9/h3-6H,2H2,1H3. The first-order valence-corrected chi connectivity index (χ1v) is 4.72. The fourth-order valence-corrected chi connectivity index (χ4v) is 1.62. The zero-order valence-electron chi connectivity index (χ0n) is 6.79. The summed E-state index contributed by atoms with van der Waals surface area (Å²) < 4.78 is 3.19. The highest BCUT2D eigenvalue weighted by Crippen LogP contribution is 2.13. The molecule has 0 spiro atoms. The van der Waals surface area contributed by atoms with Gasteiger partial charge in [0.15, 0.2) is 0 Å². The third kappa shape index (κ3) is 1.14. The number of hydrogen-bond donors (Lipinski definition) is 0. The fourth-order valence-electron chi connectivity index (χ4n) is 1.28. The largest absolute Gasteiger partial charge is 0.303 e. The first-order valence-electron chi connectivity index (χ1n) is 3.92. The third-order valence-corrected chi connectivity index (χ3v) is 2.35. The number of rotatable bonds is 1. The highest BCUT2D eigenvalue weighted by atomic mass is 79.9. The van der Waals surface area contributed by atoms with Crippen LogP contribution in [0, 0.1) is 0 Å². The lowest BCUT2D eigenvalue weighted by molar-refractivity contribution is 0.931. The van der Waals surface area contributed by atoms with Crippen molar-refractivity contribution in [1.82, 2.24) is 9.38 Å². The van der Waals surface area contributed by atoms with Crippen molar-refractivity contribution in [3.8, 4) is 0 Å². The van der Waals surface area contributed by atoms with Gasteiger partial charge in [-0.25, -0.2) is 4.98 Å². The molecule has 0 aliphatic rings. The zero-order chi connectivity index (χ0) is 8.55. The van der Waals surface area contributed by atoms with Crippen LogP contribution in [0.3, 0.4) is 0 Å². The second kappa shape index (κ2) is 2.90. The monoisotopic (exact) mass is 224 g/mol. The molecule has 0 aliphatic carbocycles. The normalized spacial score (nSPS) is 10.8. The maximum atomic E-state index is 4.30. The molecule has 0 aromatic carbocycles. The Hall–Kier alpha value is -0.830. The van der Waals surface area contributed by atoms with Crippen LogP contribution in [0.1, 0.15) is 12.7 Å². The van der Waals surface area contributed by atoms with E-state index in [1.165, 1.54) is 0 Å². The van der Waals surface area contributed by atoms with E-state index in [1.54, 1.807) is 0 Å². The summed E-state index contributed by atoms with van der Waals surface area (Å²) in [6, 6.07) is 4.08. The van der Waals surface area contributed by atoms with Gasteiger partial charge in [0.05, 0.1) is 11.7 Å². The first-order chi connectivity index (χ1) is 5.81. The average molecular weight is 225 g/mol. The number of fused-ring (bicyclic) bond motifs is 1. The van der Waals surface area contributed by atoms with Crippen molar-refractivity contribution >= 4 is 21.4 Å². The number of halogens is 1. The van der Waals surface area contributed by atoms with E-state index in [9.17, 15) is 0 Å². The molecule has 0 bridgehead atoms. The Balaban J connectivity index is 2.75. The predicted molar refractivity (Wildman–Crippen MR) is 52.3 cm³/mol. The van der Waals surface area contributed by atoms with Gasteiger partial charge in [0.1, 0.15) is 5.82 Å². The number of hydrogen-bond acceptors (Lipinski definition) is 1. The molecule has 0 saturated carbocycles. The molecule has 0 amide bonds. The molecular formula is C9H9BrN2. The molecule has 2 heterocycles. The van der Waals surface area contributed by atoms with E-state index in [2.05, 4.69) is 38.3 Å². The van der Waals surface area contributed by atoms with Crippen LogP contribution in [-0.4, -0.2) is 9.38 Å². The van der Waals surface area contributed by atoms with Gasteiger partial charge in [0.25, 0.3) is 0 Å². The molecule has 2 nitrogen and oxygen atoms in total. The lowest BCUT2D eigenvalue weighted by Crippen LogP contribution is -1.91.